The number of carbonyl (C=O) groups excluding carboxylic acids is 2. The van der Waals surface area contributed by atoms with Crippen molar-refractivity contribution in [2.24, 2.45) is 5.92 Å². The van der Waals surface area contributed by atoms with Gasteiger partial charge in [0.05, 0.1) is 18.8 Å². The molecule has 128 valence electrons. The fourth-order valence-corrected chi connectivity index (χ4v) is 2.59. The van der Waals surface area contributed by atoms with Crippen LogP contribution in [-0.2, 0) is 14.9 Å². The van der Waals surface area contributed by atoms with Crippen LogP contribution in [-0.4, -0.2) is 43.3 Å². The summed E-state index contributed by atoms with van der Waals surface area (Å²) in [6.07, 6.45) is -0.629. The fourth-order valence-electron chi connectivity index (χ4n) is 1.80. The van der Waals surface area contributed by atoms with Crippen molar-refractivity contribution in [3.05, 3.63) is 35.4 Å². The van der Waals surface area contributed by atoms with Crippen molar-refractivity contribution in [2.75, 3.05) is 13.3 Å². The van der Waals surface area contributed by atoms with E-state index in [9.17, 15) is 22.4 Å². The van der Waals surface area contributed by atoms with Gasteiger partial charge >= 0.3 is 5.97 Å². The van der Waals surface area contributed by atoms with Gasteiger partial charge in [-0.15, -0.1) is 0 Å². The summed E-state index contributed by atoms with van der Waals surface area (Å²) in [6.45, 7) is 2.96. The highest BCUT2D eigenvalue weighted by Crippen LogP contribution is 2.15. The van der Waals surface area contributed by atoms with Gasteiger partial charge in [-0.25, -0.2) is 4.79 Å². The molecule has 0 spiro atoms. The smallest absolute Gasteiger partial charge is 0.338 e. The summed E-state index contributed by atoms with van der Waals surface area (Å²) in [5.74, 6) is -1.31. The summed E-state index contributed by atoms with van der Waals surface area (Å²) >= 11 is 0. The van der Waals surface area contributed by atoms with Crippen LogP contribution in [0.3, 0.4) is 0 Å². The Morgan fingerprint density at radius 3 is 2.13 bits per heavy atom. The lowest BCUT2D eigenvalue weighted by Crippen LogP contribution is -2.30. The number of Topliss-reactive ketones (excluding diaryl/α,β-unsaturated/α-hetero) is 1. The fraction of sp³-hybridized carbons (Fsp3) is 0.467. The standard InChI is InChI=1S/C15H19FO6S/c1-10(2)9-22-15(18)12-5-3-11(4-6-12)14(17)13(7-8-16)23(19,20)21/h3-6,10,13H,7-9H2,1-2H3,(H,19,20,21). The maximum Gasteiger partial charge on any atom is 0.338 e. The number of esters is 1. The first-order chi connectivity index (χ1) is 10.7. The van der Waals surface area contributed by atoms with Gasteiger partial charge in [-0.05, 0) is 18.1 Å². The van der Waals surface area contributed by atoms with E-state index in [4.69, 9.17) is 9.29 Å². The SMILES string of the molecule is CC(C)COC(=O)c1ccc(C(=O)C(CCF)S(=O)(=O)O)cc1. The van der Waals surface area contributed by atoms with E-state index in [1.165, 1.54) is 24.3 Å². The molecule has 0 aromatic heterocycles. The summed E-state index contributed by atoms with van der Waals surface area (Å²) in [5.41, 5.74) is 0.164. The topological polar surface area (TPSA) is 97.7 Å². The van der Waals surface area contributed by atoms with E-state index >= 15 is 0 Å². The maximum absolute atomic E-state index is 12.4. The van der Waals surface area contributed by atoms with Gasteiger partial charge in [0.2, 0.25) is 0 Å². The van der Waals surface area contributed by atoms with Gasteiger partial charge in [-0.1, -0.05) is 26.0 Å². The Morgan fingerprint density at radius 1 is 1.17 bits per heavy atom. The Bertz CT molecular complexity index is 651. The molecule has 0 fully saturated rings. The minimum Gasteiger partial charge on any atom is -0.462 e. The van der Waals surface area contributed by atoms with Crippen molar-refractivity contribution in [3.8, 4) is 0 Å². The highest BCUT2D eigenvalue weighted by Gasteiger charge is 2.31. The summed E-state index contributed by atoms with van der Waals surface area (Å²) in [7, 11) is -4.70. The minimum atomic E-state index is -4.70. The Kier molecular flexibility index (Phi) is 6.83. The lowest BCUT2D eigenvalue weighted by molar-refractivity contribution is 0.0458. The van der Waals surface area contributed by atoms with E-state index < -0.39 is 40.2 Å². The molecule has 1 N–H and O–H groups in total. The molecule has 1 atom stereocenters. The second-order valence-corrected chi connectivity index (χ2v) is 7.01. The van der Waals surface area contributed by atoms with Crippen molar-refractivity contribution >= 4 is 21.9 Å². The molecule has 8 heteroatoms. The molecular formula is C15H19FO6S. The van der Waals surface area contributed by atoms with Crippen LogP contribution in [0.2, 0.25) is 0 Å². The van der Waals surface area contributed by atoms with Gasteiger partial charge in [0.25, 0.3) is 10.1 Å². The van der Waals surface area contributed by atoms with Gasteiger partial charge in [-0.2, -0.15) is 8.42 Å². The average molecular weight is 346 g/mol. The van der Waals surface area contributed by atoms with Crippen LogP contribution in [0.4, 0.5) is 4.39 Å². The van der Waals surface area contributed by atoms with Gasteiger partial charge in [0.1, 0.15) is 0 Å². The number of carbonyl (C=O) groups is 2. The lowest BCUT2D eigenvalue weighted by Gasteiger charge is -2.11. The van der Waals surface area contributed by atoms with E-state index in [0.29, 0.717) is 0 Å². The summed E-state index contributed by atoms with van der Waals surface area (Å²) < 4.78 is 48.7. The molecule has 0 saturated carbocycles. The van der Waals surface area contributed by atoms with E-state index in [2.05, 4.69) is 0 Å². The molecule has 23 heavy (non-hydrogen) atoms. The molecule has 1 unspecified atom stereocenters. The third-order valence-electron chi connectivity index (χ3n) is 2.98. The number of hydrogen-bond acceptors (Lipinski definition) is 5. The van der Waals surface area contributed by atoms with Gasteiger partial charge in [0, 0.05) is 12.0 Å². The molecule has 1 rings (SSSR count). The van der Waals surface area contributed by atoms with Gasteiger partial charge in [0.15, 0.2) is 11.0 Å². The molecule has 0 saturated heterocycles. The first kappa shape index (κ1) is 19.2. The Hall–Kier alpha value is -1.80. The molecule has 0 aliphatic rings. The highest BCUT2D eigenvalue weighted by molar-refractivity contribution is 7.87. The maximum atomic E-state index is 12.4. The molecule has 1 aromatic rings. The molecule has 0 bridgehead atoms. The quantitative estimate of drug-likeness (QED) is 0.441. The molecule has 6 nitrogen and oxygen atoms in total. The zero-order valence-electron chi connectivity index (χ0n) is 12.9. The van der Waals surface area contributed by atoms with E-state index in [0.717, 1.165) is 0 Å². The zero-order chi connectivity index (χ0) is 17.6. The number of ether oxygens (including phenoxy) is 1. The molecular weight excluding hydrogens is 327 g/mol. The minimum absolute atomic E-state index is 0.0403. The number of alkyl halides is 1. The molecule has 0 heterocycles. The summed E-state index contributed by atoms with van der Waals surface area (Å²) in [5, 5.41) is -1.86. The lowest BCUT2D eigenvalue weighted by atomic mass is 10.0. The van der Waals surface area contributed by atoms with Crippen LogP contribution in [0.5, 0.6) is 0 Å². The van der Waals surface area contributed by atoms with Crippen molar-refractivity contribution in [1.82, 2.24) is 0 Å². The van der Waals surface area contributed by atoms with E-state index in [-0.39, 0.29) is 23.7 Å². The van der Waals surface area contributed by atoms with E-state index in [1.807, 2.05) is 13.8 Å². The number of halogens is 1. The van der Waals surface area contributed by atoms with Crippen molar-refractivity contribution in [1.29, 1.82) is 0 Å². The average Bonchev–Trinajstić information content (AvgIpc) is 2.48. The van der Waals surface area contributed by atoms with Crippen molar-refractivity contribution in [3.63, 3.8) is 0 Å². The van der Waals surface area contributed by atoms with E-state index in [1.54, 1.807) is 0 Å². The summed E-state index contributed by atoms with van der Waals surface area (Å²) in [4.78, 5) is 23.8. The van der Waals surface area contributed by atoms with Crippen LogP contribution in [0.1, 0.15) is 41.0 Å². The third-order valence-corrected chi connectivity index (χ3v) is 4.15. The molecule has 0 aliphatic heterocycles. The van der Waals surface area contributed by atoms with Crippen LogP contribution in [0, 0.1) is 5.92 Å². The highest BCUT2D eigenvalue weighted by atomic mass is 32.2. The number of ketones is 1. The monoisotopic (exact) mass is 346 g/mol. The number of hydrogen-bond donors (Lipinski definition) is 1. The molecule has 0 aliphatic carbocycles. The molecule has 0 amide bonds. The van der Waals surface area contributed by atoms with Crippen LogP contribution in [0.25, 0.3) is 0 Å². The molecule has 0 radical (unpaired) electrons. The number of rotatable bonds is 8. The van der Waals surface area contributed by atoms with Gasteiger partial charge < -0.3 is 4.74 Å². The largest absolute Gasteiger partial charge is 0.462 e. The third kappa shape index (κ3) is 5.72. The van der Waals surface area contributed by atoms with Gasteiger partial charge in [-0.3, -0.25) is 13.7 Å². The second kappa shape index (κ2) is 8.16. The second-order valence-electron chi connectivity index (χ2n) is 5.42. The predicted octanol–water partition coefficient (Wildman–Crippen LogP) is 2.30. The van der Waals surface area contributed by atoms with Crippen molar-refractivity contribution < 1.29 is 31.7 Å². The summed E-state index contributed by atoms with van der Waals surface area (Å²) in [6, 6.07) is 5.11. The Balaban J connectivity index is 2.90. The zero-order valence-corrected chi connectivity index (χ0v) is 13.7. The predicted molar refractivity (Wildman–Crippen MR) is 81.8 cm³/mol. The van der Waals surface area contributed by atoms with Crippen LogP contribution in [0.15, 0.2) is 24.3 Å². The first-order valence-electron chi connectivity index (χ1n) is 7.00. The number of benzene rings is 1. The van der Waals surface area contributed by atoms with Crippen LogP contribution >= 0.6 is 0 Å². The Morgan fingerprint density at radius 2 is 1.70 bits per heavy atom. The van der Waals surface area contributed by atoms with Crippen LogP contribution < -0.4 is 0 Å². The first-order valence-corrected chi connectivity index (χ1v) is 8.50. The molecule has 1 aromatic carbocycles. The van der Waals surface area contributed by atoms with Crippen molar-refractivity contribution in [2.45, 2.75) is 25.5 Å². The Labute approximate surface area is 134 Å². The normalized spacial score (nSPS) is 12.9.